The molecule has 0 amide bonds. The van der Waals surface area contributed by atoms with Crippen molar-refractivity contribution in [3.63, 3.8) is 0 Å². The monoisotopic (exact) mass is 288 g/mol. The van der Waals surface area contributed by atoms with E-state index < -0.39 is 11.9 Å². The summed E-state index contributed by atoms with van der Waals surface area (Å²) in [6.45, 7) is 0. The van der Waals surface area contributed by atoms with Gasteiger partial charge >= 0.3 is 0 Å². The van der Waals surface area contributed by atoms with Crippen molar-refractivity contribution >= 4 is 0 Å². The lowest BCUT2D eigenvalue weighted by Crippen LogP contribution is -2.06. The van der Waals surface area contributed by atoms with E-state index in [0.29, 0.717) is 17.1 Å². The number of hydrogen-bond acceptors (Lipinski definition) is 3. The molecule has 3 rings (SSSR count). The first-order valence-corrected chi connectivity index (χ1v) is 6.96. The van der Waals surface area contributed by atoms with E-state index in [4.69, 9.17) is 9.47 Å². The average Bonchev–Trinajstić information content (AvgIpc) is 3.30. The summed E-state index contributed by atoms with van der Waals surface area (Å²) in [5.74, 6) is 0.538. The van der Waals surface area contributed by atoms with Gasteiger partial charge in [0.25, 0.3) is 0 Å². The van der Waals surface area contributed by atoms with Gasteiger partial charge in [0, 0.05) is 0 Å². The van der Waals surface area contributed by atoms with E-state index >= 15 is 0 Å². The molecule has 0 bridgehead atoms. The van der Waals surface area contributed by atoms with Crippen LogP contribution in [0.1, 0.15) is 30.1 Å². The molecule has 1 unspecified atom stereocenters. The molecule has 0 saturated heterocycles. The Balaban J connectivity index is 1.92. The Hall–Kier alpha value is -2.07. The molecule has 1 N–H and O–H groups in total. The molecule has 0 spiro atoms. The van der Waals surface area contributed by atoms with Gasteiger partial charge in [0.2, 0.25) is 0 Å². The normalized spacial score (nSPS) is 15.6. The smallest absolute Gasteiger partial charge is 0.133 e. The molecule has 1 aliphatic rings. The van der Waals surface area contributed by atoms with Gasteiger partial charge in [-0.1, -0.05) is 18.2 Å². The number of rotatable bonds is 5. The summed E-state index contributed by atoms with van der Waals surface area (Å²) in [7, 11) is 1.46. The Morgan fingerprint density at radius 3 is 2.67 bits per heavy atom. The fraction of sp³-hybridized carbons (Fsp3) is 0.294. The van der Waals surface area contributed by atoms with Gasteiger partial charge in [-0.3, -0.25) is 0 Å². The highest BCUT2D eigenvalue weighted by Gasteiger charge is 2.24. The third kappa shape index (κ3) is 3.00. The summed E-state index contributed by atoms with van der Waals surface area (Å²) in [6, 6.07) is 11.6. The van der Waals surface area contributed by atoms with Gasteiger partial charge in [0.1, 0.15) is 23.4 Å². The number of hydrogen-bond donors (Lipinski definition) is 1. The van der Waals surface area contributed by atoms with E-state index in [9.17, 15) is 9.50 Å². The molecule has 1 saturated carbocycles. The second-order valence-corrected chi connectivity index (χ2v) is 5.15. The predicted molar refractivity (Wildman–Crippen MR) is 77.1 cm³/mol. The molecule has 110 valence electrons. The first kappa shape index (κ1) is 13.9. The molecule has 0 heterocycles. The van der Waals surface area contributed by atoms with Gasteiger partial charge in [-0.15, -0.1) is 0 Å². The Kier molecular flexibility index (Phi) is 3.80. The van der Waals surface area contributed by atoms with Crippen LogP contribution in [0.25, 0.3) is 0 Å². The number of halogens is 1. The minimum atomic E-state index is -1.09. The summed E-state index contributed by atoms with van der Waals surface area (Å²) in [5.41, 5.74) is 0.722. The summed E-state index contributed by atoms with van der Waals surface area (Å²) in [5, 5.41) is 10.5. The van der Waals surface area contributed by atoms with Crippen molar-refractivity contribution in [3.8, 4) is 11.5 Å². The van der Waals surface area contributed by atoms with Crippen LogP contribution in [0.4, 0.5) is 4.39 Å². The summed E-state index contributed by atoms with van der Waals surface area (Å²) in [6.07, 6.45) is 1.31. The molecule has 1 atom stereocenters. The van der Waals surface area contributed by atoms with E-state index in [2.05, 4.69) is 0 Å². The van der Waals surface area contributed by atoms with Gasteiger partial charge in [0.15, 0.2) is 0 Å². The van der Waals surface area contributed by atoms with Crippen molar-refractivity contribution < 1.29 is 19.0 Å². The third-order valence-corrected chi connectivity index (χ3v) is 3.51. The van der Waals surface area contributed by atoms with E-state index in [1.54, 1.807) is 30.3 Å². The molecule has 21 heavy (non-hydrogen) atoms. The molecule has 1 fully saturated rings. The molecule has 0 aromatic heterocycles. The van der Waals surface area contributed by atoms with Gasteiger partial charge < -0.3 is 14.6 Å². The van der Waals surface area contributed by atoms with Crippen LogP contribution in [0.15, 0.2) is 42.5 Å². The maximum absolute atomic E-state index is 14.0. The maximum atomic E-state index is 14.0. The fourth-order valence-corrected chi connectivity index (χ4v) is 2.26. The minimum Gasteiger partial charge on any atom is -0.496 e. The molecule has 2 aromatic rings. The first-order valence-electron chi connectivity index (χ1n) is 6.96. The van der Waals surface area contributed by atoms with Gasteiger partial charge in [-0.05, 0) is 42.7 Å². The zero-order valence-electron chi connectivity index (χ0n) is 11.8. The maximum Gasteiger partial charge on any atom is 0.133 e. The quantitative estimate of drug-likeness (QED) is 0.915. The number of methoxy groups -OCH3 is 1. The van der Waals surface area contributed by atoms with Crippen molar-refractivity contribution in [1.82, 2.24) is 0 Å². The van der Waals surface area contributed by atoms with E-state index in [1.807, 2.05) is 6.07 Å². The van der Waals surface area contributed by atoms with Crippen LogP contribution in [0.5, 0.6) is 11.5 Å². The second-order valence-electron chi connectivity index (χ2n) is 5.15. The third-order valence-electron chi connectivity index (χ3n) is 3.51. The number of aliphatic hydroxyl groups excluding tert-OH is 1. The molecule has 2 aromatic carbocycles. The highest BCUT2D eigenvalue weighted by Crippen LogP contribution is 2.34. The van der Waals surface area contributed by atoms with Crippen LogP contribution in [0, 0.1) is 5.82 Å². The molecule has 4 heteroatoms. The summed E-state index contributed by atoms with van der Waals surface area (Å²) >= 11 is 0. The lowest BCUT2D eigenvalue weighted by Gasteiger charge is -2.16. The van der Waals surface area contributed by atoms with Gasteiger partial charge in [-0.25, -0.2) is 4.39 Å². The molecule has 0 radical (unpaired) electrons. The molecular formula is C17H17FO3. The lowest BCUT2D eigenvalue weighted by molar-refractivity contribution is 0.208. The van der Waals surface area contributed by atoms with Crippen LogP contribution in [-0.4, -0.2) is 18.3 Å². The Bertz CT molecular complexity index is 638. The van der Waals surface area contributed by atoms with Crippen LogP contribution in [0.3, 0.4) is 0 Å². The molecule has 0 aliphatic heterocycles. The number of benzene rings is 2. The first-order chi connectivity index (χ1) is 10.2. The van der Waals surface area contributed by atoms with Crippen molar-refractivity contribution in [2.75, 3.05) is 7.11 Å². The van der Waals surface area contributed by atoms with Crippen LogP contribution in [0.2, 0.25) is 0 Å². The summed E-state index contributed by atoms with van der Waals surface area (Å²) in [4.78, 5) is 0. The number of aliphatic hydroxyl groups is 1. The van der Waals surface area contributed by atoms with Crippen LogP contribution >= 0.6 is 0 Å². The van der Waals surface area contributed by atoms with Crippen molar-refractivity contribution in [2.24, 2.45) is 0 Å². The average molecular weight is 288 g/mol. The topological polar surface area (TPSA) is 38.7 Å². The number of ether oxygens (including phenoxy) is 2. The van der Waals surface area contributed by atoms with Crippen molar-refractivity contribution in [2.45, 2.75) is 25.0 Å². The Morgan fingerprint density at radius 1 is 1.19 bits per heavy atom. The van der Waals surface area contributed by atoms with Crippen molar-refractivity contribution in [3.05, 3.63) is 59.4 Å². The molecular weight excluding hydrogens is 271 g/mol. The highest BCUT2D eigenvalue weighted by molar-refractivity contribution is 5.43. The minimum absolute atomic E-state index is 0.142. The highest BCUT2D eigenvalue weighted by atomic mass is 19.1. The van der Waals surface area contributed by atoms with Gasteiger partial charge in [-0.2, -0.15) is 0 Å². The van der Waals surface area contributed by atoms with E-state index in [0.717, 1.165) is 12.8 Å². The Labute approximate surface area is 122 Å². The Morgan fingerprint density at radius 2 is 1.95 bits per heavy atom. The van der Waals surface area contributed by atoms with E-state index in [-0.39, 0.29) is 11.7 Å². The largest absolute Gasteiger partial charge is 0.496 e. The molecule has 3 nitrogen and oxygen atoms in total. The predicted octanol–water partition coefficient (Wildman–Crippen LogP) is 3.46. The van der Waals surface area contributed by atoms with Crippen LogP contribution < -0.4 is 9.47 Å². The lowest BCUT2D eigenvalue weighted by atomic mass is 10.00. The zero-order chi connectivity index (χ0) is 14.8. The molecule has 1 aliphatic carbocycles. The van der Waals surface area contributed by atoms with Crippen LogP contribution in [-0.2, 0) is 0 Å². The van der Waals surface area contributed by atoms with E-state index in [1.165, 1.54) is 13.2 Å². The zero-order valence-corrected chi connectivity index (χ0v) is 11.8. The summed E-state index contributed by atoms with van der Waals surface area (Å²) < 4.78 is 24.9. The SMILES string of the molecule is COc1cccc(F)c1C(O)c1cccc(OC2CC2)c1. The van der Waals surface area contributed by atoms with Gasteiger partial charge in [0.05, 0.1) is 18.8 Å². The van der Waals surface area contributed by atoms with Crippen molar-refractivity contribution in [1.29, 1.82) is 0 Å². The fourth-order valence-electron chi connectivity index (χ4n) is 2.26. The second kappa shape index (κ2) is 5.74. The standard InChI is InChI=1S/C17H17FO3/c1-20-15-7-3-6-14(18)16(15)17(19)11-4-2-5-13(10-11)21-12-8-9-12/h2-7,10,12,17,19H,8-9H2,1H3.